The molecule has 64 valence electrons. The van der Waals surface area contributed by atoms with E-state index in [1.165, 1.54) is 17.7 Å². The van der Waals surface area contributed by atoms with Crippen molar-refractivity contribution in [2.24, 2.45) is 0 Å². The zero-order chi connectivity index (χ0) is 9.64. The summed E-state index contributed by atoms with van der Waals surface area (Å²) in [5.41, 5.74) is 3.28. The summed E-state index contributed by atoms with van der Waals surface area (Å²) in [4.78, 5) is 2.40. The molecule has 0 amide bonds. The van der Waals surface area contributed by atoms with Gasteiger partial charge in [-0.15, -0.1) is 0 Å². The molecule has 1 aliphatic rings. The zero-order valence-electron chi connectivity index (χ0n) is 8.89. The van der Waals surface area contributed by atoms with Gasteiger partial charge in [-0.05, 0) is 0 Å². The molecule has 0 bridgehead atoms. The molecule has 0 unspecified atom stereocenters. The summed E-state index contributed by atoms with van der Waals surface area (Å²) in [5, 5.41) is 0. The van der Waals surface area contributed by atoms with Crippen molar-refractivity contribution >= 4 is 54.3 Å². The van der Waals surface area contributed by atoms with Gasteiger partial charge in [0.05, 0.1) is 0 Å². The number of benzene rings is 1. The average Bonchev–Trinajstić information content (AvgIpc) is 2.22. The van der Waals surface area contributed by atoms with Crippen LogP contribution in [0, 0.1) is 0 Å². The number of fused-ring (bicyclic) bond motifs is 1. The Labute approximate surface area is 114 Å². The first-order chi connectivity index (χ1) is 6.00. The SMILES string of the molecule is CN1c2cc[c]([K])cc2CC1(C)C. The summed E-state index contributed by atoms with van der Waals surface area (Å²) in [6, 6.07) is 6.95. The quantitative estimate of drug-likeness (QED) is 0.569. The Hall–Kier alpha value is 0.656. The first kappa shape index (κ1) is 10.2. The monoisotopic (exact) mass is 199 g/mol. The fourth-order valence-corrected chi connectivity index (χ4v) is 2.90. The van der Waals surface area contributed by atoms with Crippen LogP contribution in [0.2, 0.25) is 0 Å². The van der Waals surface area contributed by atoms with Crippen molar-refractivity contribution in [3.8, 4) is 0 Å². The van der Waals surface area contributed by atoms with E-state index in [1.54, 1.807) is -0.342 Å². The molecule has 0 fully saturated rings. The molecule has 2 rings (SSSR count). The predicted octanol–water partition coefficient (Wildman–Crippen LogP) is 1.25. The van der Waals surface area contributed by atoms with Gasteiger partial charge < -0.3 is 0 Å². The van der Waals surface area contributed by atoms with Crippen LogP contribution in [0.5, 0.6) is 0 Å². The van der Waals surface area contributed by atoms with Crippen LogP contribution in [0.4, 0.5) is 5.69 Å². The third-order valence-corrected chi connectivity index (χ3v) is 4.10. The van der Waals surface area contributed by atoms with Crippen molar-refractivity contribution in [1.82, 2.24) is 0 Å². The molecule has 0 atom stereocenters. The van der Waals surface area contributed by atoms with E-state index in [1.807, 2.05) is 0 Å². The Morgan fingerprint density at radius 1 is 1.38 bits per heavy atom. The van der Waals surface area contributed by atoms with Gasteiger partial charge in [-0.25, -0.2) is 0 Å². The molecule has 0 saturated heterocycles. The molecular formula is C11H14KN. The van der Waals surface area contributed by atoms with Gasteiger partial charge in [0.2, 0.25) is 0 Å². The molecule has 1 aromatic carbocycles. The van der Waals surface area contributed by atoms with Gasteiger partial charge >= 0.3 is 116 Å². The molecule has 1 heterocycles. The van der Waals surface area contributed by atoms with Crippen molar-refractivity contribution < 1.29 is 0 Å². The summed E-state index contributed by atoms with van der Waals surface area (Å²) in [7, 11) is 2.20. The van der Waals surface area contributed by atoms with Gasteiger partial charge in [0.25, 0.3) is 0 Å². The van der Waals surface area contributed by atoms with E-state index in [0.29, 0.717) is 5.54 Å². The van der Waals surface area contributed by atoms with Crippen LogP contribution in [-0.2, 0) is 6.42 Å². The van der Waals surface area contributed by atoms with E-state index in [-0.39, 0.29) is 0 Å². The van der Waals surface area contributed by atoms with Crippen LogP contribution in [0.25, 0.3) is 0 Å². The van der Waals surface area contributed by atoms with Gasteiger partial charge in [0.15, 0.2) is 0 Å². The topological polar surface area (TPSA) is 3.24 Å². The summed E-state index contributed by atoms with van der Waals surface area (Å²) in [6.07, 6.45) is 1.20. The van der Waals surface area contributed by atoms with E-state index in [0.717, 1.165) is 49.0 Å². The minimum atomic E-state index is 0.309. The van der Waals surface area contributed by atoms with Crippen LogP contribution >= 0.6 is 0 Å². The molecule has 1 nitrogen and oxygen atoms in total. The molecule has 1 aliphatic heterocycles. The summed E-state index contributed by atoms with van der Waals surface area (Å²) < 4.78 is 1.55. The molecule has 0 spiro atoms. The third-order valence-electron chi connectivity index (χ3n) is 3.13. The maximum absolute atomic E-state index is 2.40. The van der Waals surface area contributed by atoms with Gasteiger partial charge in [0, 0.05) is 0 Å². The van der Waals surface area contributed by atoms with E-state index < -0.39 is 0 Å². The van der Waals surface area contributed by atoms with Crippen molar-refractivity contribution in [2.45, 2.75) is 25.8 Å². The maximum atomic E-state index is 2.40. The number of anilines is 1. The molecule has 0 aliphatic carbocycles. The summed E-state index contributed by atoms with van der Waals surface area (Å²) in [6.45, 7) is 4.62. The first-order valence-corrected chi connectivity index (χ1v) is 6.40. The van der Waals surface area contributed by atoms with Crippen LogP contribution < -0.4 is 4.56 Å². The van der Waals surface area contributed by atoms with Gasteiger partial charge in [-0.2, -0.15) is 0 Å². The molecule has 0 radical (unpaired) electrons. The zero-order valence-corrected chi connectivity index (χ0v) is 12.0. The van der Waals surface area contributed by atoms with Crippen molar-refractivity contribution in [3.05, 3.63) is 23.8 Å². The number of hydrogen-bond acceptors (Lipinski definition) is 1. The van der Waals surface area contributed by atoms with E-state index in [4.69, 9.17) is 0 Å². The van der Waals surface area contributed by atoms with E-state index in [2.05, 4.69) is 44.0 Å². The van der Waals surface area contributed by atoms with Crippen molar-refractivity contribution in [2.75, 3.05) is 11.9 Å². The van der Waals surface area contributed by atoms with Gasteiger partial charge in [-0.1, -0.05) is 0 Å². The molecule has 13 heavy (non-hydrogen) atoms. The molecule has 0 aromatic heterocycles. The Bertz CT molecular complexity index is 344. The number of rotatable bonds is 0. The number of nitrogens with zero attached hydrogens (tertiary/aromatic N) is 1. The number of likely N-dealkylation sites (N-methyl/N-ethyl adjacent to an activating group) is 1. The molecule has 2 heteroatoms. The summed E-state index contributed by atoms with van der Waals surface area (Å²) >= 11 is 0.813. The Kier molecular flexibility index (Phi) is 2.62. The second-order valence-electron chi connectivity index (χ2n) is 4.68. The van der Waals surface area contributed by atoms with Crippen molar-refractivity contribution in [3.63, 3.8) is 0 Å². The second kappa shape index (κ2) is 3.35. The predicted molar refractivity (Wildman–Crippen MR) is 58.0 cm³/mol. The van der Waals surface area contributed by atoms with Crippen molar-refractivity contribution in [1.29, 1.82) is 0 Å². The fourth-order valence-electron chi connectivity index (χ4n) is 2.09. The normalized spacial score (nSPS) is 19.0. The summed E-state index contributed by atoms with van der Waals surface area (Å²) in [5.74, 6) is 0. The Morgan fingerprint density at radius 3 is 2.77 bits per heavy atom. The van der Waals surface area contributed by atoms with Crippen LogP contribution in [0.3, 0.4) is 0 Å². The standard InChI is InChI=1S/C11H14N.K/c1-11(2)8-9-6-4-5-7-10(9)12(11)3;/h5-7H,8H2,1-3H3;. The molecule has 1 aromatic rings. The second-order valence-corrected chi connectivity index (χ2v) is 6.48. The molecule has 0 saturated carbocycles. The first-order valence-electron chi connectivity index (χ1n) is 4.84. The average molecular weight is 199 g/mol. The van der Waals surface area contributed by atoms with E-state index >= 15 is 0 Å². The number of hydrogen-bond donors (Lipinski definition) is 0. The van der Waals surface area contributed by atoms with Crippen LogP contribution in [0.1, 0.15) is 19.4 Å². The molecular weight excluding hydrogens is 185 g/mol. The van der Waals surface area contributed by atoms with Crippen LogP contribution in [0.15, 0.2) is 18.2 Å². The molecule has 0 N–H and O–H groups in total. The third kappa shape index (κ3) is 1.75. The van der Waals surface area contributed by atoms with Gasteiger partial charge in [0.1, 0.15) is 0 Å². The van der Waals surface area contributed by atoms with Gasteiger partial charge in [-0.3, -0.25) is 0 Å². The van der Waals surface area contributed by atoms with Crippen LogP contribution in [-0.4, -0.2) is 61.5 Å². The Morgan fingerprint density at radius 2 is 2.08 bits per heavy atom. The van der Waals surface area contributed by atoms with E-state index in [9.17, 15) is 0 Å². The Balaban J connectivity index is 2.50. The fraction of sp³-hybridized carbons (Fsp3) is 0.455. The minimum absolute atomic E-state index is 0.309.